The molecule has 0 radical (unpaired) electrons. The SMILES string of the molecule is COc1cccnc1C(=O)C1CCCC1C. The molecule has 1 aromatic rings. The van der Waals surface area contributed by atoms with Gasteiger partial charge in [0.05, 0.1) is 7.11 Å². The van der Waals surface area contributed by atoms with Crippen LogP contribution in [0.15, 0.2) is 18.3 Å². The molecule has 1 heterocycles. The Hall–Kier alpha value is -1.38. The van der Waals surface area contributed by atoms with E-state index in [-0.39, 0.29) is 11.7 Å². The van der Waals surface area contributed by atoms with Crippen LogP contribution >= 0.6 is 0 Å². The fraction of sp³-hybridized carbons (Fsp3) is 0.538. The molecule has 3 heteroatoms. The van der Waals surface area contributed by atoms with Gasteiger partial charge in [-0.3, -0.25) is 4.79 Å². The summed E-state index contributed by atoms with van der Waals surface area (Å²) < 4.78 is 5.18. The molecule has 0 N–H and O–H groups in total. The molecule has 86 valence electrons. The van der Waals surface area contributed by atoms with Crippen LogP contribution in [0.1, 0.15) is 36.7 Å². The summed E-state index contributed by atoms with van der Waals surface area (Å²) in [5.41, 5.74) is 0.490. The van der Waals surface area contributed by atoms with Crippen LogP contribution in [-0.4, -0.2) is 17.9 Å². The molecule has 2 rings (SSSR count). The van der Waals surface area contributed by atoms with Crippen LogP contribution in [0, 0.1) is 11.8 Å². The Labute approximate surface area is 95.8 Å². The predicted molar refractivity (Wildman–Crippen MR) is 61.6 cm³/mol. The smallest absolute Gasteiger partial charge is 0.188 e. The van der Waals surface area contributed by atoms with E-state index in [9.17, 15) is 4.79 Å². The molecule has 1 aliphatic rings. The summed E-state index contributed by atoms with van der Waals surface area (Å²) in [6.45, 7) is 2.14. The van der Waals surface area contributed by atoms with E-state index >= 15 is 0 Å². The van der Waals surface area contributed by atoms with Gasteiger partial charge in [-0.25, -0.2) is 4.98 Å². The molecule has 0 saturated heterocycles. The van der Waals surface area contributed by atoms with Crippen LogP contribution in [0.2, 0.25) is 0 Å². The van der Waals surface area contributed by atoms with E-state index in [1.165, 1.54) is 0 Å². The molecule has 2 unspecified atom stereocenters. The molecule has 3 nitrogen and oxygen atoms in total. The maximum atomic E-state index is 12.3. The molecule has 16 heavy (non-hydrogen) atoms. The molecular weight excluding hydrogens is 202 g/mol. The first kappa shape index (κ1) is 11.1. The summed E-state index contributed by atoms with van der Waals surface area (Å²) in [6.07, 6.45) is 4.92. The minimum Gasteiger partial charge on any atom is -0.494 e. The topological polar surface area (TPSA) is 39.2 Å². The summed E-state index contributed by atoms with van der Waals surface area (Å²) >= 11 is 0. The second-order valence-electron chi connectivity index (χ2n) is 4.43. The average molecular weight is 219 g/mol. The van der Waals surface area contributed by atoms with Crippen LogP contribution in [-0.2, 0) is 0 Å². The molecular formula is C13H17NO2. The van der Waals surface area contributed by atoms with Crippen molar-refractivity contribution in [3.63, 3.8) is 0 Å². The predicted octanol–water partition coefficient (Wildman–Crippen LogP) is 2.71. The van der Waals surface area contributed by atoms with E-state index in [0.717, 1.165) is 19.3 Å². The lowest BCUT2D eigenvalue weighted by Gasteiger charge is -2.14. The first-order valence-corrected chi connectivity index (χ1v) is 5.77. The minimum absolute atomic E-state index is 0.129. The third-order valence-corrected chi connectivity index (χ3v) is 3.42. The zero-order valence-corrected chi connectivity index (χ0v) is 9.77. The molecule has 1 aliphatic carbocycles. The molecule has 1 aromatic heterocycles. The number of Topliss-reactive ketones (excluding diaryl/α,β-unsaturated/α-hetero) is 1. The number of pyridine rings is 1. The Bertz CT molecular complexity index is 389. The Kier molecular flexibility index (Phi) is 3.22. The highest BCUT2D eigenvalue weighted by Crippen LogP contribution is 2.34. The number of nitrogens with zero attached hydrogens (tertiary/aromatic N) is 1. The number of rotatable bonds is 3. The molecule has 0 amide bonds. The number of aromatic nitrogens is 1. The van der Waals surface area contributed by atoms with E-state index < -0.39 is 0 Å². The number of hydrogen-bond acceptors (Lipinski definition) is 3. The third-order valence-electron chi connectivity index (χ3n) is 3.42. The van der Waals surface area contributed by atoms with Gasteiger partial charge in [0.15, 0.2) is 5.78 Å². The highest BCUT2D eigenvalue weighted by Gasteiger charge is 2.32. The lowest BCUT2D eigenvalue weighted by atomic mass is 9.91. The summed E-state index contributed by atoms with van der Waals surface area (Å²) in [5.74, 6) is 1.33. The van der Waals surface area contributed by atoms with Crippen molar-refractivity contribution in [2.24, 2.45) is 11.8 Å². The van der Waals surface area contributed by atoms with Crippen molar-refractivity contribution in [3.05, 3.63) is 24.0 Å². The van der Waals surface area contributed by atoms with Gasteiger partial charge in [0.2, 0.25) is 0 Å². The fourth-order valence-electron chi connectivity index (χ4n) is 2.45. The minimum atomic E-state index is 0.129. The van der Waals surface area contributed by atoms with Gasteiger partial charge in [0.1, 0.15) is 11.4 Å². The van der Waals surface area contributed by atoms with E-state index in [1.807, 2.05) is 0 Å². The van der Waals surface area contributed by atoms with E-state index in [0.29, 0.717) is 17.4 Å². The van der Waals surface area contributed by atoms with E-state index in [2.05, 4.69) is 11.9 Å². The third kappa shape index (κ3) is 1.94. The van der Waals surface area contributed by atoms with Crippen LogP contribution in [0.4, 0.5) is 0 Å². The molecule has 2 atom stereocenters. The van der Waals surface area contributed by atoms with E-state index in [1.54, 1.807) is 25.4 Å². The average Bonchev–Trinajstić information content (AvgIpc) is 2.74. The number of methoxy groups -OCH3 is 1. The van der Waals surface area contributed by atoms with Crippen molar-refractivity contribution in [3.8, 4) is 5.75 Å². The largest absolute Gasteiger partial charge is 0.494 e. The summed E-state index contributed by atoms with van der Waals surface area (Å²) in [6, 6.07) is 3.58. The van der Waals surface area contributed by atoms with Gasteiger partial charge in [0, 0.05) is 12.1 Å². The molecule has 0 bridgehead atoms. The molecule has 0 spiro atoms. The Morgan fingerprint density at radius 3 is 2.94 bits per heavy atom. The second kappa shape index (κ2) is 4.64. The van der Waals surface area contributed by atoms with Gasteiger partial charge in [-0.1, -0.05) is 13.3 Å². The zero-order valence-electron chi connectivity index (χ0n) is 9.77. The van der Waals surface area contributed by atoms with Gasteiger partial charge in [-0.05, 0) is 30.9 Å². The molecule has 0 aromatic carbocycles. The Morgan fingerprint density at radius 2 is 2.31 bits per heavy atom. The zero-order chi connectivity index (χ0) is 11.5. The summed E-state index contributed by atoms with van der Waals surface area (Å²) in [5, 5.41) is 0. The number of carbonyl (C=O) groups excluding carboxylic acids is 1. The van der Waals surface area contributed by atoms with Crippen molar-refractivity contribution < 1.29 is 9.53 Å². The van der Waals surface area contributed by atoms with Crippen LogP contribution in [0.5, 0.6) is 5.75 Å². The first-order chi connectivity index (χ1) is 7.74. The van der Waals surface area contributed by atoms with Crippen molar-refractivity contribution in [2.45, 2.75) is 26.2 Å². The number of ether oxygens (including phenoxy) is 1. The van der Waals surface area contributed by atoms with Gasteiger partial charge < -0.3 is 4.74 Å². The maximum Gasteiger partial charge on any atom is 0.188 e. The van der Waals surface area contributed by atoms with Crippen molar-refractivity contribution in [1.82, 2.24) is 4.98 Å². The van der Waals surface area contributed by atoms with Crippen molar-refractivity contribution in [1.29, 1.82) is 0 Å². The fourth-order valence-corrected chi connectivity index (χ4v) is 2.45. The summed E-state index contributed by atoms with van der Waals surface area (Å²) in [7, 11) is 1.58. The highest BCUT2D eigenvalue weighted by atomic mass is 16.5. The van der Waals surface area contributed by atoms with Crippen molar-refractivity contribution in [2.75, 3.05) is 7.11 Å². The quantitative estimate of drug-likeness (QED) is 0.734. The maximum absolute atomic E-state index is 12.3. The highest BCUT2D eigenvalue weighted by molar-refractivity contribution is 5.98. The monoisotopic (exact) mass is 219 g/mol. The molecule has 0 aliphatic heterocycles. The van der Waals surface area contributed by atoms with Crippen LogP contribution in [0.25, 0.3) is 0 Å². The lowest BCUT2D eigenvalue weighted by Crippen LogP contribution is -2.19. The molecule has 1 fully saturated rings. The number of carbonyl (C=O) groups is 1. The van der Waals surface area contributed by atoms with Gasteiger partial charge in [-0.15, -0.1) is 0 Å². The lowest BCUT2D eigenvalue weighted by molar-refractivity contribution is 0.0888. The second-order valence-corrected chi connectivity index (χ2v) is 4.43. The number of hydrogen-bond donors (Lipinski definition) is 0. The normalized spacial score (nSPS) is 24.4. The van der Waals surface area contributed by atoms with Gasteiger partial charge in [-0.2, -0.15) is 0 Å². The van der Waals surface area contributed by atoms with Crippen LogP contribution < -0.4 is 4.74 Å². The first-order valence-electron chi connectivity index (χ1n) is 5.77. The molecule has 1 saturated carbocycles. The van der Waals surface area contributed by atoms with E-state index in [4.69, 9.17) is 4.74 Å². The Balaban J connectivity index is 2.26. The van der Waals surface area contributed by atoms with Gasteiger partial charge >= 0.3 is 0 Å². The number of ketones is 1. The van der Waals surface area contributed by atoms with Crippen molar-refractivity contribution >= 4 is 5.78 Å². The van der Waals surface area contributed by atoms with Crippen LogP contribution in [0.3, 0.4) is 0 Å². The Morgan fingerprint density at radius 1 is 1.50 bits per heavy atom. The summed E-state index contributed by atoms with van der Waals surface area (Å²) in [4.78, 5) is 16.4. The van der Waals surface area contributed by atoms with Gasteiger partial charge in [0.25, 0.3) is 0 Å². The standard InChI is InChI=1S/C13H17NO2/c1-9-5-3-6-10(9)13(15)12-11(16-2)7-4-8-14-12/h4,7-10H,3,5-6H2,1-2H3.